The fourth-order valence-electron chi connectivity index (χ4n) is 1.31. The molecule has 1 aromatic rings. The zero-order valence-electron chi connectivity index (χ0n) is 11.0. The van der Waals surface area contributed by atoms with Crippen molar-refractivity contribution in [1.82, 2.24) is 5.32 Å². The van der Waals surface area contributed by atoms with Crippen LogP contribution in [0.1, 0.15) is 36.7 Å². The lowest BCUT2D eigenvalue weighted by Gasteiger charge is -2.19. The van der Waals surface area contributed by atoms with Gasteiger partial charge in [0.05, 0.1) is 5.56 Å². The lowest BCUT2D eigenvalue weighted by atomic mass is 10.1. The molecule has 0 aliphatic carbocycles. The number of carboxylic acids is 1. The van der Waals surface area contributed by atoms with Crippen LogP contribution in [0.15, 0.2) is 22.7 Å². The van der Waals surface area contributed by atoms with Gasteiger partial charge in [-0.25, -0.2) is 9.59 Å². The van der Waals surface area contributed by atoms with Crippen LogP contribution in [0.5, 0.6) is 0 Å². The highest BCUT2D eigenvalue weighted by Gasteiger charge is 2.16. The molecule has 1 aromatic carbocycles. The molecule has 0 radical (unpaired) electrons. The average molecular weight is 330 g/mol. The molecule has 0 aromatic heterocycles. The van der Waals surface area contributed by atoms with Gasteiger partial charge in [-0.2, -0.15) is 0 Å². The van der Waals surface area contributed by atoms with E-state index in [1.54, 1.807) is 26.8 Å². The minimum Gasteiger partial charge on any atom is -0.478 e. The van der Waals surface area contributed by atoms with Crippen LogP contribution >= 0.6 is 15.9 Å². The lowest BCUT2D eigenvalue weighted by molar-refractivity contribution is 0.0522. The highest BCUT2D eigenvalue weighted by molar-refractivity contribution is 9.10. The summed E-state index contributed by atoms with van der Waals surface area (Å²) in [5.41, 5.74) is 0.415. The van der Waals surface area contributed by atoms with E-state index in [1.165, 1.54) is 12.1 Å². The van der Waals surface area contributed by atoms with E-state index in [2.05, 4.69) is 21.2 Å². The molecule has 104 valence electrons. The Labute approximate surface area is 120 Å². The van der Waals surface area contributed by atoms with Crippen molar-refractivity contribution < 1.29 is 19.4 Å². The number of alkyl carbamates (subject to hydrolysis) is 1. The predicted octanol–water partition coefficient (Wildman–Crippen LogP) is 3.17. The van der Waals surface area contributed by atoms with Gasteiger partial charge in [-0.1, -0.05) is 22.0 Å². The van der Waals surface area contributed by atoms with Crippen LogP contribution in [-0.2, 0) is 11.3 Å². The third-order valence-electron chi connectivity index (χ3n) is 2.12. The summed E-state index contributed by atoms with van der Waals surface area (Å²) in [5.74, 6) is -0.993. The summed E-state index contributed by atoms with van der Waals surface area (Å²) < 4.78 is 5.73. The molecule has 1 amide bonds. The average Bonchev–Trinajstić information content (AvgIpc) is 2.24. The molecule has 19 heavy (non-hydrogen) atoms. The number of carboxylic acid groups (broad SMARTS) is 1. The van der Waals surface area contributed by atoms with Gasteiger partial charge in [0.1, 0.15) is 5.60 Å². The second kappa shape index (κ2) is 6.06. The fraction of sp³-hybridized carbons (Fsp3) is 0.385. The van der Waals surface area contributed by atoms with Gasteiger partial charge >= 0.3 is 12.1 Å². The topological polar surface area (TPSA) is 75.6 Å². The fourth-order valence-corrected chi connectivity index (χ4v) is 1.82. The number of aromatic carboxylic acids is 1. The molecular weight excluding hydrogens is 314 g/mol. The number of hydrogen-bond donors (Lipinski definition) is 2. The van der Waals surface area contributed by atoms with Crippen molar-refractivity contribution in [2.24, 2.45) is 0 Å². The number of benzene rings is 1. The highest BCUT2D eigenvalue weighted by Crippen LogP contribution is 2.19. The number of amides is 1. The second-order valence-electron chi connectivity index (χ2n) is 4.97. The molecule has 0 spiro atoms. The Kier molecular flexibility index (Phi) is 4.94. The van der Waals surface area contributed by atoms with Crippen molar-refractivity contribution in [2.75, 3.05) is 0 Å². The summed E-state index contributed by atoms with van der Waals surface area (Å²) >= 11 is 3.27. The molecule has 0 unspecified atom stereocenters. The lowest BCUT2D eigenvalue weighted by Crippen LogP contribution is -2.32. The number of carbonyl (C=O) groups excluding carboxylic acids is 1. The standard InChI is InChI=1S/C13H16BrNO4/c1-13(2,3)19-12(18)15-7-9-5-4-8(11(16)17)6-10(9)14/h4-6H,7H2,1-3H3,(H,15,18)(H,16,17). The first-order valence-electron chi connectivity index (χ1n) is 5.67. The van der Waals surface area contributed by atoms with Crippen LogP contribution in [0, 0.1) is 0 Å². The van der Waals surface area contributed by atoms with Crippen molar-refractivity contribution in [3.05, 3.63) is 33.8 Å². The maximum atomic E-state index is 11.5. The molecule has 0 saturated heterocycles. The number of halogens is 1. The van der Waals surface area contributed by atoms with Gasteiger partial charge in [0, 0.05) is 11.0 Å². The normalized spacial score (nSPS) is 10.9. The van der Waals surface area contributed by atoms with E-state index in [9.17, 15) is 9.59 Å². The Morgan fingerprint density at radius 3 is 2.47 bits per heavy atom. The smallest absolute Gasteiger partial charge is 0.407 e. The summed E-state index contributed by atoms with van der Waals surface area (Å²) in [6, 6.07) is 4.62. The molecule has 0 saturated carbocycles. The summed E-state index contributed by atoms with van der Waals surface area (Å²) in [4.78, 5) is 22.3. The zero-order chi connectivity index (χ0) is 14.6. The van der Waals surface area contributed by atoms with Gasteiger partial charge in [0.25, 0.3) is 0 Å². The third kappa shape index (κ3) is 5.30. The third-order valence-corrected chi connectivity index (χ3v) is 2.86. The number of ether oxygens (including phenoxy) is 1. The molecule has 5 nitrogen and oxygen atoms in total. The molecule has 0 atom stereocenters. The Hall–Kier alpha value is -1.56. The number of nitrogens with one attached hydrogen (secondary N) is 1. The van der Waals surface area contributed by atoms with Gasteiger partial charge in [0.2, 0.25) is 0 Å². The Balaban J connectivity index is 2.64. The van der Waals surface area contributed by atoms with E-state index >= 15 is 0 Å². The van der Waals surface area contributed by atoms with Gasteiger partial charge in [-0.05, 0) is 38.5 Å². The Morgan fingerprint density at radius 1 is 1.37 bits per heavy atom. The minimum absolute atomic E-state index is 0.188. The number of rotatable bonds is 3. The molecule has 2 N–H and O–H groups in total. The second-order valence-corrected chi connectivity index (χ2v) is 5.82. The van der Waals surface area contributed by atoms with E-state index in [1.807, 2.05) is 0 Å². The maximum Gasteiger partial charge on any atom is 0.407 e. The molecule has 0 aliphatic rings. The van der Waals surface area contributed by atoms with Crippen LogP contribution in [0.3, 0.4) is 0 Å². The van der Waals surface area contributed by atoms with Crippen LogP contribution in [0.4, 0.5) is 4.79 Å². The first-order chi connectivity index (χ1) is 8.69. The van der Waals surface area contributed by atoms with Gasteiger partial charge in [-0.15, -0.1) is 0 Å². The van der Waals surface area contributed by atoms with E-state index in [0.29, 0.717) is 4.47 Å². The van der Waals surface area contributed by atoms with E-state index < -0.39 is 17.7 Å². The van der Waals surface area contributed by atoms with Gasteiger partial charge in [-0.3, -0.25) is 0 Å². The maximum absolute atomic E-state index is 11.5. The molecule has 0 heterocycles. The molecule has 0 bridgehead atoms. The Bertz CT molecular complexity index is 494. The molecule has 0 fully saturated rings. The number of carbonyl (C=O) groups is 2. The highest BCUT2D eigenvalue weighted by atomic mass is 79.9. The largest absolute Gasteiger partial charge is 0.478 e. The molecule has 0 aliphatic heterocycles. The van der Waals surface area contributed by atoms with Crippen LogP contribution in [-0.4, -0.2) is 22.8 Å². The summed E-state index contributed by atoms with van der Waals surface area (Å²) in [5, 5.41) is 11.4. The van der Waals surface area contributed by atoms with Crippen molar-refractivity contribution >= 4 is 28.0 Å². The van der Waals surface area contributed by atoms with Crippen molar-refractivity contribution in [1.29, 1.82) is 0 Å². The van der Waals surface area contributed by atoms with Crippen molar-refractivity contribution in [3.63, 3.8) is 0 Å². The van der Waals surface area contributed by atoms with Crippen LogP contribution < -0.4 is 5.32 Å². The molecule has 1 rings (SSSR count). The molecular formula is C13H16BrNO4. The first-order valence-corrected chi connectivity index (χ1v) is 6.47. The van der Waals surface area contributed by atoms with Crippen molar-refractivity contribution in [3.8, 4) is 0 Å². The first kappa shape index (κ1) is 15.5. The van der Waals surface area contributed by atoms with E-state index in [-0.39, 0.29) is 12.1 Å². The SMILES string of the molecule is CC(C)(C)OC(=O)NCc1ccc(C(=O)O)cc1Br. The molecule has 6 heteroatoms. The summed E-state index contributed by atoms with van der Waals surface area (Å²) in [6.07, 6.45) is -0.512. The predicted molar refractivity (Wildman–Crippen MR) is 74.2 cm³/mol. The van der Waals surface area contributed by atoms with Gasteiger partial charge < -0.3 is 15.2 Å². The number of hydrogen-bond acceptors (Lipinski definition) is 3. The quantitative estimate of drug-likeness (QED) is 0.893. The van der Waals surface area contributed by atoms with Gasteiger partial charge in [0.15, 0.2) is 0 Å². The van der Waals surface area contributed by atoms with E-state index in [0.717, 1.165) is 5.56 Å². The minimum atomic E-state index is -0.993. The van der Waals surface area contributed by atoms with E-state index in [4.69, 9.17) is 9.84 Å². The summed E-state index contributed by atoms with van der Waals surface area (Å²) in [6.45, 7) is 5.61. The summed E-state index contributed by atoms with van der Waals surface area (Å²) in [7, 11) is 0. The van der Waals surface area contributed by atoms with Crippen molar-refractivity contribution in [2.45, 2.75) is 32.9 Å². The van der Waals surface area contributed by atoms with Crippen LogP contribution in [0.25, 0.3) is 0 Å². The monoisotopic (exact) mass is 329 g/mol. The zero-order valence-corrected chi connectivity index (χ0v) is 12.6. The van der Waals surface area contributed by atoms with Crippen LogP contribution in [0.2, 0.25) is 0 Å². The Morgan fingerprint density at radius 2 is 2.00 bits per heavy atom.